The summed E-state index contributed by atoms with van der Waals surface area (Å²) in [5.74, 6) is 6.83. The quantitative estimate of drug-likeness (QED) is 0.313. The van der Waals surface area contributed by atoms with E-state index >= 15 is 0 Å². The van der Waals surface area contributed by atoms with Crippen molar-refractivity contribution in [2.24, 2.45) is 0 Å². The van der Waals surface area contributed by atoms with Gasteiger partial charge in [-0.15, -0.1) is 0 Å². The predicted molar refractivity (Wildman–Crippen MR) is 122 cm³/mol. The summed E-state index contributed by atoms with van der Waals surface area (Å²) in [6.07, 6.45) is 5.94. The Balaban J connectivity index is 1.56. The van der Waals surface area contributed by atoms with Crippen molar-refractivity contribution < 1.29 is 9.16 Å². The zero-order valence-corrected chi connectivity index (χ0v) is 18.9. The molecule has 3 heteroatoms. The van der Waals surface area contributed by atoms with E-state index in [1.165, 1.54) is 29.6 Å². The van der Waals surface area contributed by atoms with Crippen LogP contribution in [0.15, 0.2) is 60.7 Å². The Labute approximate surface area is 176 Å². The first-order chi connectivity index (χ1) is 14.0. The Hall–Kier alpha value is -1.86. The van der Waals surface area contributed by atoms with Gasteiger partial charge in [0.25, 0.3) is 8.32 Å². The number of rotatable bonds is 5. The summed E-state index contributed by atoms with van der Waals surface area (Å²) in [5, 5.41) is 2.65. The van der Waals surface area contributed by atoms with Gasteiger partial charge in [-0.3, -0.25) is 0 Å². The number of benzene rings is 2. The molecular formula is C26H32O2Si. The molecule has 2 fully saturated rings. The molecule has 152 valence electrons. The van der Waals surface area contributed by atoms with E-state index in [9.17, 15) is 0 Å². The second kappa shape index (κ2) is 8.11. The summed E-state index contributed by atoms with van der Waals surface area (Å²) in [6.45, 7) is 7.60. The number of ether oxygens (including phenoxy) is 1. The van der Waals surface area contributed by atoms with Crippen LogP contribution in [0, 0.1) is 11.8 Å². The van der Waals surface area contributed by atoms with E-state index in [-0.39, 0.29) is 10.6 Å². The van der Waals surface area contributed by atoms with Gasteiger partial charge in [-0.05, 0) is 34.7 Å². The summed E-state index contributed by atoms with van der Waals surface area (Å²) in [4.78, 5) is 0. The van der Waals surface area contributed by atoms with Crippen LogP contribution in [0.3, 0.4) is 0 Å². The van der Waals surface area contributed by atoms with E-state index in [4.69, 9.17) is 9.16 Å². The number of epoxide rings is 1. The average molecular weight is 405 g/mol. The van der Waals surface area contributed by atoms with Crippen molar-refractivity contribution in [1.82, 2.24) is 0 Å². The maximum Gasteiger partial charge on any atom is 0.261 e. The standard InChI is InChI=1S/C26H32O2Si/c1-25(2,3)29(22-14-6-4-7-15-22,23-16-8-5-9-17-23)27-21-13-12-20-26-19-11-10-18-24(26)28-26/h4-9,14-17,24H,10-11,13,18-19,21H2,1-3H3/t24-,26-/m1/s1. The minimum atomic E-state index is -2.45. The molecule has 1 saturated heterocycles. The van der Waals surface area contributed by atoms with Crippen LogP contribution in [-0.4, -0.2) is 26.6 Å². The Morgan fingerprint density at radius 1 is 1.00 bits per heavy atom. The van der Waals surface area contributed by atoms with Crippen LogP contribution in [0.4, 0.5) is 0 Å². The Morgan fingerprint density at radius 3 is 2.17 bits per heavy atom. The average Bonchev–Trinajstić information content (AvgIpc) is 3.46. The molecule has 1 aliphatic heterocycles. The highest BCUT2D eigenvalue weighted by Gasteiger charge is 2.56. The molecule has 0 bridgehead atoms. The summed E-state index contributed by atoms with van der Waals surface area (Å²) < 4.78 is 12.8. The third kappa shape index (κ3) is 3.94. The van der Waals surface area contributed by atoms with Gasteiger partial charge in [0, 0.05) is 13.0 Å². The van der Waals surface area contributed by atoms with Gasteiger partial charge >= 0.3 is 0 Å². The molecule has 1 saturated carbocycles. The molecule has 1 heterocycles. The molecule has 1 aliphatic carbocycles. The van der Waals surface area contributed by atoms with E-state index in [0.717, 1.165) is 12.8 Å². The zero-order valence-electron chi connectivity index (χ0n) is 17.9. The molecular weight excluding hydrogens is 372 g/mol. The smallest absolute Gasteiger partial charge is 0.261 e. The highest BCUT2D eigenvalue weighted by Crippen LogP contribution is 2.47. The fourth-order valence-corrected chi connectivity index (χ4v) is 9.41. The van der Waals surface area contributed by atoms with Crippen molar-refractivity contribution in [3.63, 3.8) is 0 Å². The lowest BCUT2D eigenvalue weighted by molar-refractivity contribution is 0.306. The summed E-state index contributed by atoms with van der Waals surface area (Å²) in [6, 6.07) is 21.6. The van der Waals surface area contributed by atoms with E-state index in [1.54, 1.807) is 0 Å². The lowest BCUT2D eigenvalue weighted by Gasteiger charge is -2.43. The van der Waals surface area contributed by atoms with Gasteiger partial charge in [0.1, 0.15) is 0 Å². The molecule has 0 unspecified atom stereocenters. The second-order valence-electron chi connectivity index (χ2n) is 9.31. The van der Waals surface area contributed by atoms with E-state index in [2.05, 4.69) is 93.3 Å². The molecule has 0 radical (unpaired) electrons. The van der Waals surface area contributed by atoms with Crippen LogP contribution in [0.1, 0.15) is 52.9 Å². The molecule has 2 atom stereocenters. The molecule has 0 amide bonds. The first-order valence-corrected chi connectivity index (χ1v) is 12.8. The molecule has 0 N–H and O–H groups in total. The highest BCUT2D eigenvalue weighted by molar-refractivity contribution is 6.99. The van der Waals surface area contributed by atoms with Crippen LogP contribution >= 0.6 is 0 Å². The van der Waals surface area contributed by atoms with Gasteiger partial charge in [0.15, 0.2) is 5.60 Å². The second-order valence-corrected chi connectivity index (χ2v) is 13.6. The van der Waals surface area contributed by atoms with Gasteiger partial charge in [0.05, 0.1) is 6.10 Å². The number of hydrogen-bond donors (Lipinski definition) is 0. The molecule has 0 spiro atoms. The van der Waals surface area contributed by atoms with Gasteiger partial charge in [-0.1, -0.05) is 99.7 Å². The molecule has 2 aromatic rings. The van der Waals surface area contributed by atoms with Gasteiger partial charge in [-0.2, -0.15) is 0 Å². The van der Waals surface area contributed by atoms with E-state index in [1.807, 2.05) is 0 Å². The SMILES string of the molecule is CC(C)(C)[Si](OCCC#C[C@]12CCCC[C@H]1O2)(c1ccccc1)c1ccccc1. The minimum Gasteiger partial charge on any atom is -0.406 e. The molecule has 2 nitrogen and oxygen atoms in total. The normalized spacial score (nSPS) is 23.6. The fourth-order valence-electron chi connectivity index (χ4n) is 4.85. The molecule has 2 aliphatic rings. The Bertz CT molecular complexity index is 836. The van der Waals surface area contributed by atoms with Crippen molar-refractivity contribution in [2.45, 2.75) is 69.6 Å². The Morgan fingerprint density at radius 2 is 1.62 bits per heavy atom. The van der Waals surface area contributed by atoms with Crippen LogP contribution in [0.25, 0.3) is 0 Å². The fraction of sp³-hybridized carbons (Fsp3) is 0.462. The lowest BCUT2D eigenvalue weighted by Crippen LogP contribution is -2.66. The van der Waals surface area contributed by atoms with Crippen molar-refractivity contribution >= 4 is 18.7 Å². The first-order valence-electron chi connectivity index (χ1n) is 10.9. The maximum atomic E-state index is 6.90. The highest BCUT2D eigenvalue weighted by atomic mass is 28.4. The van der Waals surface area contributed by atoms with E-state index in [0.29, 0.717) is 12.7 Å². The van der Waals surface area contributed by atoms with Crippen molar-refractivity contribution in [1.29, 1.82) is 0 Å². The maximum absolute atomic E-state index is 6.90. The first kappa shape index (κ1) is 20.4. The third-order valence-corrected chi connectivity index (χ3v) is 11.4. The van der Waals surface area contributed by atoms with Crippen LogP contribution in [0.2, 0.25) is 5.04 Å². The minimum absolute atomic E-state index is 0.00981. The molecule has 4 rings (SSSR count). The predicted octanol–water partition coefficient (Wildman–Crippen LogP) is 4.67. The van der Waals surface area contributed by atoms with Crippen LogP contribution in [0.5, 0.6) is 0 Å². The lowest BCUT2D eigenvalue weighted by atomic mass is 9.89. The molecule has 29 heavy (non-hydrogen) atoms. The van der Waals surface area contributed by atoms with Crippen molar-refractivity contribution in [3.8, 4) is 11.8 Å². The number of fused-ring (bicyclic) bond motifs is 1. The van der Waals surface area contributed by atoms with Gasteiger partial charge < -0.3 is 9.16 Å². The topological polar surface area (TPSA) is 21.8 Å². The van der Waals surface area contributed by atoms with Gasteiger partial charge in [0.2, 0.25) is 0 Å². The third-order valence-electron chi connectivity index (χ3n) is 6.34. The summed E-state index contributed by atoms with van der Waals surface area (Å²) >= 11 is 0. The monoisotopic (exact) mass is 404 g/mol. The van der Waals surface area contributed by atoms with Gasteiger partial charge in [-0.25, -0.2) is 0 Å². The summed E-state index contributed by atoms with van der Waals surface area (Å²) in [5.41, 5.74) is -0.115. The Kier molecular flexibility index (Phi) is 5.71. The molecule has 2 aromatic carbocycles. The van der Waals surface area contributed by atoms with Crippen LogP contribution in [-0.2, 0) is 9.16 Å². The molecule has 0 aromatic heterocycles. The largest absolute Gasteiger partial charge is 0.406 e. The van der Waals surface area contributed by atoms with Crippen LogP contribution < -0.4 is 10.4 Å². The van der Waals surface area contributed by atoms with E-state index < -0.39 is 8.32 Å². The van der Waals surface area contributed by atoms with Crippen molar-refractivity contribution in [3.05, 3.63) is 60.7 Å². The number of hydrogen-bond acceptors (Lipinski definition) is 2. The zero-order chi connectivity index (χ0) is 20.4. The van der Waals surface area contributed by atoms with Crippen molar-refractivity contribution in [2.75, 3.05) is 6.61 Å². The summed E-state index contributed by atoms with van der Waals surface area (Å²) in [7, 11) is -2.45.